The highest BCUT2D eigenvalue weighted by Crippen LogP contribution is 2.38. The van der Waals surface area contributed by atoms with Gasteiger partial charge in [-0.3, -0.25) is 9.59 Å². The molecule has 2 aromatic carbocycles. The molecule has 2 heterocycles. The summed E-state index contributed by atoms with van der Waals surface area (Å²) in [5.74, 6) is 0.513. The molecule has 0 bridgehead atoms. The quantitative estimate of drug-likeness (QED) is 0.678. The van der Waals surface area contributed by atoms with Gasteiger partial charge in [0.05, 0.1) is 24.1 Å². The number of fused-ring (bicyclic) bond motifs is 2. The van der Waals surface area contributed by atoms with Crippen molar-refractivity contribution in [2.24, 2.45) is 0 Å². The van der Waals surface area contributed by atoms with Crippen LogP contribution in [-0.4, -0.2) is 24.5 Å². The lowest BCUT2D eigenvalue weighted by Crippen LogP contribution is -2.29. The summed E-state index contributed by atoms with van der Waals surface area (Å²) >= 11 is 0. The minimum Gasteiger partial charge on any atom is -0.497 e. The van der Waals surface area contributed by atoms with Crippen LogP contribution in [0.5, 0.6) is 5.75 Å². The fraction of sp³-hybridized carbons (Fsp3) is 0.143. The van der Waals surface area contributed by atoms with Gasteiger partial charge >= 0.3 is 0 Å². The molecule has 5 heteroatoms. The van der Waals surface area contributed by atoms with Crippen molar-refractivity contribution in [3.05, 3.63) is 88.3 Å². The largest absolute Gasteiger partial charge is 0.497 e. The monoisotopic (exact) mass is 347 g/mol. The van der Waals surface area contributed by atoms with E-state index in [0.29, 0.717) is 28.8 Å². The molecule has 0 spiro atoms. The lowest BCUT2D eigenvalue weighted by Gasteiger charge is -2.23. The fourth-order valence-electron chi connectivity index (χ4n) is 3.43. The smallest absolute Gasteiger partial charge is 0.291 e. The van der Waals surface area contributed by atoms with Crippen molar-refractivity contribution in [1.29, 1.82) is 0 Å². The van der Waals surface area contributed by atoms with Crippen molar-refractivity contribution in [3.8, 4) is 5.75 Å². The molecule has 5 nitrogen and oxygen atoms in total. The Bertz CT molecular complexity index is 1070. The van der Waals surface area contributed by atoms with Crippen molar-refractivity contribution in [3.63, 3.8) is 0 Å². The molecule has 1 unspecified atom stereocenters. The van der Waals surface area contributed by atoms with Gasteiger partial charge in [-0.15, -0.1) is 6.58 Å². The fourth-order valence-corrected chi connectivity index (χ4v) is 3.43. The molecule has 4 rings (SSSR count). The summed E-state index contributed by atoms with van der Waals surface area (Å²) in [7, 11) is 1.59. The summed E-state index contributed by atoms with van der Waals surface area (Å²) in [5, 5.41) is 0.470. The Balaban J connectivity index is 1.97. The Morgan fingerprint density at radius 1 is 1.15 bits per heavy atom. The van der Waals surface area contributed by atoms with Gasteiger partial charge in [-0.25, -0.2) is 0 Å². The predicted octanol–water partition coefficient (Wildman–Crippen LogP) is 3.53. The first-order valence-corrected chi connectivity index (χ1v) is 8.27. The molecule has 3 aromatic rings. The van der Waals surface area contributed by atoms with Gasteiger partial charge in [0.1, 0.15) is 11.3 Å². The second kappa shape index (κ2) is 6.19. The van der Waals surface area contributed by atoms with Gasteiger partial charge < -0.3 is 14.1 Å². The lowest BCUT2D eigenvalue weighted by atomic mass is 9.98. The SMILES string of the molecule is C=CCN1C(=O)c2oc3ccccc3c(=O)c2C1c1ccc(OC)cc1. The van der Waals surface area contributed by atoms with E-state index in [1.807, 2.05) is 24.3 Å². The zero-order valence-electron chi connectivity index (χ0n) is 14.3. The van der Waals surface area contributed by atoms with Crippen LogP contribution >= 0.6 is 0 Å². The van der Waals surface area contributed by atoms with Crippen LogP contribution in [0.4, 0.5) is 0 Å². The highest BCUT2D eigenvalue weighted by Gasteiger charge is 2.42. The van der Waals surface area contributed by atoms with Crippen molar-refractivity contribution in [1.82, 2.24) is 4.90 Å². The van der Waals surface area contributed by atoms with Crippen molar-refractivity contribution >= 4 is 16.9 Å². The van der Waals surface area contributed by atoms with Crippen molar-refractivity contribution < 1.29 is 13.9 Å². The molecule has 26 heavy (non-hydrogen) atoms. The Hall–Kier alpha value is -3.34. The van der Waals surface area contributed by atoms with Gasteiger partial charge in [-0.1, -0.05) is 30.3 Å². The number of ether oxygens (including phenoxy) is 1. The number of nitrogens with zero attached hydrogens (tertiary/aromatic N) is 1. The number of para-hydroxylation sites is 1. The summed E-state index contributed by atoms with van der Waals surface area (Å²) in [6.07, 6.45) is 1.64. The van der Waals surface area contributed by atoms with E-state index < -0.39 is 6.04 Å². The minimum atomic E-state index is -0.512. The number of amides is 1. The van der Waals surface area contributed by atoms with Crippen LogP contribution in [-0.2, 0) is 0 Å². The van der Waals surface area contributed by atoms with Gasteiger partial charge in [0, 0.05) is 6.54 Å². The highest BCUT2D eigenvalue weighted by molar-refractivity contribution is 5.99. The Labute approximate surface area is 150 Å². The van der Waals surface area contributed by atoms with Crippen LogP contribution in [0, 0.1) is 0 Å². The first-order chi connectivity index (χ1) is 12.7. The maximum absolute atomic E-state index is 13.1. The molecule has 1 aromatic heterocycles. The molecule has 0 fully saturated rings. The molecular weight excluding hydrogens is 330 g/mol. The highest BCUT2D eigenvalue weighted by atomic mass is 16.5. The van der Waals surface area contributed by atoms with E-state index in [0.717, 1.165) is 5.56 Å². The number of benzene rings is 2. The van der Waals surface area contributed by atoms with E-state index >= 15 is 0 Å². The van der Waals surface area contributed by atoms with Crippen LogP contribution in [0.1, 0.15) is 27.7 Å². The normalized spacial score (nSPS) is 16.0. The van der Waals surface area contributed by atoms with E-state index in [9.17, 15) is 9.59 Å². The summed E-state index contributed by atoms with van der Waals surface area (Å²) < 4.78 is 11.0. The Morgan fingerprint density at radius 2 is 1.88 bits per heavy atom. The van der Waals surface area contributed by atoms with Crippen LogP contribution < -0.4 is 10.2 Å². The summed E-state index contributed by atoms with van der Waals surface area (Å²) in [4.78, 5) is 27.6. The predicted molar refractivity (Wildman–Crippen MR) is 98.6 cm³/mol. The average Bonchev–Trinajstić information content (AvgIpc) is 2.95. The first kappa shape index (κ1) is 16.1. The van der Waals surface area contributed by atoms with Gasteiger partial charge in [-0.2, -0.15) is 0 Å². The first-order valence-electron chi connectivity index (χ1n) is 8.27. The zero-order chi connectivity index (χ0) is 18.3. The minimum absolute atomic E-state index is 0.108. The van der Waals surface area contributed by atoms with Crippen LogP contribution in [0.3, 0.4) is 0 Å². The van der Waals surface area contributed by atoms with E-state index in [4.69, 9.17) is 9.15 Å². The number of methoxy groups -OCH3 is 1. The average molecular weight is 347 g/mol. The maximum atomic E-state index is 13.1. The van der Waals surface area contributed by atoms with E-state index in [2.05, 4.69) is 6.58 Å². The molecule has 0 saturated carbocycles. The topological polar surface area (TPSA) is 59.8 Å². The van der Waals surface area contributed by atoms with Gasteiger partial charge in [-0.05, 0) is 29.8 Å². The summed E-state index contributed by atoms with van der Waals surface area (Å²) in [6, 6.07) is 13.8. The Kier molecular flexibility index (Phi) is 3.84. The van der Waals surface area contributed by atoms with Crippen LogP contribution in [0.15, 0.2) is 70.4 Å². The molecular formula is C21H17NO4. The second-order valence-corrected chi connectivity index (χ2v) is 6.09. The van der Waals surface area contributed by atoms with E-state index in [-0.39, 0.29) is 17.1 Å². The molecule has 1 aliphatic rings. The maximum Gasteiger partial charge on any atom is 0.291 e. The van der Waals surface area contributed by atoms with E-state index in [1.165, 1.54) is 0 Å². The third kappa shape index (κ3) is 2.32. The number of carbonyl (C=O) groups excluding carboxylic acids is 1. The van der Waals surface area contributed by atoms with Gasteiger partial charge in [0.15, 0.2) is 5.43 Å². The van der Waals surface area contributed by atoms with Gasteiger partial charge in [0.2, 0.25) is 5.76 Å². The number of rotatable bonds is 4. The standard InChI is InChI=1S/C21H17NO4/c1-3-12-22-18(13-8-10-14(25-2)11-9-13)17-19(23)15-6-4-5-7-16(15)26-20(17)21(22)24/h3-11,18H,1,12H2,2H3. The molecule has 130 valence electrons. The third-order valence-electron chi connectivity index (χ3n) is 4.63. The summed E-state index contributed by atoms with van der Waals surface area (Å²) in [6.45, 7) is 4.05. The molecule has 0 N–H and O–H groups in total. The van der Waals surface area contributed by atoms with E-state index in [1.54, 1.807) is 42.4 Å². The third-order valence-corrected chi connectivity index (χ3v) is 4.63. The number of hydrogen-bond acceptors (Lipinski definition) is 4. The van der Waals surface area contributed by atoms with Crippen molar-refractivity contribution in [2.45, 2.75) is 6.04 Å². The molecule has 1 atom stereocenters. The molecule has 1 amide bonds. The summed E-state index contributed by atoms with van der Waals surface area (Å²) in [5.41, 5.74) is 1.43. The molecule has 1 aliphatic heterocycles. The van der Waals surface area contributed by atoms with Crippen molar-refractivity contribution in [2.75, 3.05) is 13.7 Å². The number of carbonyl (C=O) groups is 1. The Morgan fingerprint density at radius 3 is 2.58 bits per heavy atom. The molecule has 0 saturated heterocycles. The molecule has 0 aliphatic carbocycles. The molecule has 0 radical (unpaired) electrons. The van der Waals surface area contributed by atoms with Gasteiger partial charge in [0.25, 0.3) is 5.91 Å². The second-order valence-electron chi connectivity index (χ2n) is 6.09. The van der Waals surface area contributed by atoms with Crippen LogP contribution in [0.2, 0.25) is 0 Å². The number of hydrogen-bond donors (Lipinski definition) is 0. The lowest BCUT2D eigenvalue weighted by molar-refractivity contribution is 0.0748. The zero-order valence-corrected chi connectivity index (χ0v) is 14.3. The van der Waals surface area contributed by atoms with Crippen LogP contribution in [0.25, 0.3) is 11.0 Å².